The van der Waals surface area contributed by atoms with E-state index >= 15 is 0 Å². The molecule has 0 aromatic heterocycles. The van der Waals surface area contributed by atoms with Gasteiger partial charge >= 0.3 is 5.97 Å². The second kappa shape index (κ2) is 11.7. The lowest BCUT2D eigenvalue weighted by Gasteiger charge is -2.43. The largest absolute Gasteiger partial charge is 0.454 e. The van der Waals surface area contributed by atoms with Gasteiger partial charge in [0.1, 0.15) is 18.3 Å². The number of carbonyl (C=O) groups is 1. The van der Waals surface area contributed by atoms with Gasteiger partial charge in [-0.3, -0.25) is 4.79 Å². The van der Waals surface area contributed by atoms with E-state index in [1.54, 1.807) is 20.8 Å². The van der Waals surface area contributed by atoms with Crippen molar-refractivity contribution in [3.63, 3.8) is 0 Å². The molecule has 0 spiro atoms. The maximum Gasteiger partial charge on any atom is 0.311 e. The Balaban J connectivity index is 1.73. The fourth-order valence-corrected chi connectivity index (χ4v) is 3.47. The third kappa shape index (κ3) is 7.09. The van der Waals surface area contributed by atoms with Crippen LogP contribution < -0.4 is 0 Å². The number of rotatable bonds is 9. The Labute approximate surface area is 195 Å². The summed E-state index contributed by atoms with van der Waals surface area (Å²) in [5.41, 5.74) is 1.21. The first-order valence-electron chi connectivity index (χ1n) is 11.1. The van der Waals surface area contributed by atoms with Crippen LogP contribution in [0, 0.1) is 5.41 Å². The van der Waals surface area contributed by atoms with Crippen LogP contribution in [-0.2, 0) is 41.7 Å². The van der Waals surface area contributed by atoms with Crippen LogP contribution in [0.15, 0.2) is 60.7 Å². The minimum atomic E-state index is -1.09. The average molecular weight is 459 g/mol. The van der Waals surface area contributed by atoms with Gasteiger partial charge in [-0.2, -0.15) is 0 Å². The van der Waals surface area contributed by atoms with Crippen LogP contribution in [0.2, 0.25) is 0 Å². The number of carbonyl (C=O) groups excluding carboxylic acids is 1. The monoisotopic (exact) mass is 458 g/mol. The molecule has 1 heterocycles. The van der Waals surface area contributed by atoms with E-state index in [2.05, 4.69) is 0 Å². The van der Waals surface area contributed by atoms with Gasteiger partial charge < -0.3 is 28.8 Å². The summed E-state index contributed by atoms with van der Waals surface area (Å²) in [6.07, 6.45) is -4.52. The zero-order valence-corrected chi connectivity index (χ0v) is 19.7. The van der Waals surface area contributed by atoms with Crippen LogP contribution in [-0.4, -0.2) is 55.5 Å². The molecular formula is C26H34O7. The Morgan fingerprint density at radius 3 is 2.06 bits per heavy atom. The van der Waals surface area contributed by atoms with Crippen molar-refractivity contribution < 1.29 is 33.6 Å². The van der Waals surface area contributed by atoms with Crippen molar-refractivity contribution in [2.75, 3.05) is 13.7 Å². The number of benzene rings is 2. The molecule has 1 aliphatic heterocycles. The van der Waals surface area contributed by atoms with Crippen LogP contribution >= 0.6 is 0 Å². The summed E-state index contributed by atoms with van der Waals surface area (Å²) in [5.74, 6) is -0.433. The maximum atomic E-state index is 12.6. The van der Waals surface area contributed by atoms with Gasteiger partial charge in [0.25, 0.3) is 0 Å². The third-order valence-corrected chi connectivity index (χ3v) is 5.39. The fourth-order valence-electron chi connectivity index (χ4n) is 3.47. The molecule has 0 amide bonds. The van der Waals surface area contributed by atoms with Gasteiger partial charge in [-0.05, 0) is 31.9 Å². The SMILES string of the molecule is CO[C@@H]1O[C@H](COCc2ccccc2)[C@@H](O)[C@H](OCc2ccccc2)[C@H]1OC(=O)C(C)(C)C. The Bertz CT molecular complexity index is 850. The molecule has 2 aromatic carbocycles. The van der Waals surface area contributed by atoms with Gasteiger partial charge in [0.15, 0.2) is 12.4 Å². The van der Waals surface area contributed by atoms with Crippen LogP contribution in [0.25, 0.3) is 0 Å². The number of hydrogen-bond donors (Lipinski definition) is 1. The molecule has 1 N–H and O–H groups in total. The summed E-state index contributed by atoms with van der Waals surface area (Å²) >= 11 is 0. The Morgan fingerprint density at radius 2 is 1.52 bits per heavy atom. The molecule has 7 heteroatoms. The average Bonchev–Trinajstić information content (AvgIpc) is 2.81. The predicted octanol–water partition coefficient (Wildman–Crippen LogP) is 3.48. The van der Waals surface area contributed by atoms with Gasteiger partial charge in [0.05, 0.1) is 25.2 Å². The molecule has 1 aliphatic rings. The number of methoxy groups -OCH3 is 1. The Hall–Kier alpha value is -2.29. The van der Waals surface area contributed by atoms with E-state index in [-0.39, 0.29) is 13.2 Å². The van der Waals surface area contributed by atoms with Crippen LogP contribution in [0.3, 0.4) is 0 Å². The normalized spacial score (nSPS) is 25.5. The van der Waals surface area contributed by atoms with E-state index in [0.717, 1.165) is 11.1 Å². The molecular weight excluding hydrogens is 424 g/mol. The molecule has 0 unspecified atom stereocenters. The van der Waals surface area contributed by atoms with Crippen molar-refractivity contribution in [3.8, 4) is 0 Å². The van der Waals surface area contributed by atoms with Gasteiger partial charge in [-0.15, -0.1) is 0 Å². The van der Waals surface area contributed by atoms with E-state index in [1.165, 1.54) is 7.11 Å². The zero-order chi connectivity index (χ0) is 23.8. The van der Waals surface area contributed by atoms with Crippen LogP contribution in [0.1, 0.15) is 31.9 Å². The summed E-state index contributed by atoms with van der Waals surface area (Å²) < 4.78 is 29.1. The lowest BCUT2D eigenvalue weighted by Crippen LogP contribution is -2.61. The highest BCUT2D eigenvalue weighted by molar-refractivity contribution is 5.75. The molecule has 1 saturated heterocycles. The molecule has 1 fully saturated rings. The molecule has 0 bridgehead atoms. The molecule has 5 atom stereocenters. The van der Waals surface area contributed by atoms with E-state index in [4.69, 9.17) is 23.7 Å². The number of esters is 1. The second-order valence-corrected chi connectivity index (χ2v) is 9.15. The summed E-state index contributed by atoms with van der Waals surface area (Å²) in [6.45, 7) is 6.02. The highest BCUT2D eigenvalue weighted by atomic mass is 16.7. The smallest absolute Gasteiger partial charge is 0.311 e. The molecule has 0 aliphatic carbocycles. The first kappa shape index (κ1) is 25.3. The molecule has 180 valence electrons. The minimum Gasteiger partial charge on any atom is -0.454 e. The number of aliphatic hydroxyl groups excluding tert-OH is 1. The first-order chi connectivity index (χ1) is 15.8. The minimum absolute atomic E-state index is 0.126. The molecule has 3 rings (SSSR count). The molecule has 7 nitrogen and oxygen atoms in total. The van der Waals surface area contributed by atoms with Crippen molar-refractivity contribution in [2.24, 2.45) is 5.41 Å². The lowest BCUT2D eigenvalue weighted by molar-refractivity contribution is -0.309. The first-order valence-corrected chi connectivity index (χ1v) is 11.1. The number of ether oxygens (including phenoxy) is 5. The van der Waals surface area contributed by atoms with Crippen molar-refractivity contribution in [2.45, 2.75) is 64.7 Å². The number of hydrogen-bond acceptors (Lipinski definition) is 7. The number of aliphatic hydroxyl groups is 1. The van der Waals surface area contributed by atoms with E-state index in [0.29, 0.717) is 6.61 Å². The van der Waals surface area contributed by atoms with Crippen LogP contribution in [0.4, 0.5) is 0 Å². The van der Waals surface area contributed by atoms with Gasteiger partial charge in [-0.25, -0.2) is 0 Å². The highest BCUT2D eigenvalue weighted by Gasteiger charge is 2.49. The summed E-state index contributed by atoms with van der Waals surface area (Å²) in [6, 6.07) is 19.3. The van der Waals surface area contributed by atoms with Crippen molar-refractivity contribution in [3.05, 3.63) is 71.8 Å². The van der Waals surface area contributed by atoms with Crippen LogP contribution in [0.5, 0.6) is 0 Å². The van der Waals surface area contributed by atoms with Crippen molar-refractivity contribution in [1.82, 2.24) is 0 Å². The molecule has 0 saturated carbocycles. The Kier molecular flexibility index (Phi) is 9.00. The Morgan fingerprint density at radius 1 is 0.939 bits per heavy atom. The summed E-state index contributed by atoms with van der Waals surface area (Å²) in [5, 5.41) is 11.1. The van der Waals surface area contributed by atoms with E-state index in [1.807, 2.05) is 60.7 Å². The molecule has 0 radical (unpaired) electrons. The van der Waals surface area contributed by atoms with E-state index in [9.17, 15) is 9.90 Å². The van der Waals surface area contributed by atoms with Crippen molar-refractivity contribution in [1.29, 1.82) is 0 Å². The topological polar surface area (TPSA) is 83.5 Å². The molecule has 2 aromatic rings. The van der Waals surface area contributed by atoms with Crippen molar-refractivity contribution >= 4 is 5.97 Å². The maximum absolute atomic E-state index is 12.6. The highest BCUT2D eigenvalue weighted by Crippen LogP contribution is 2.30. The summed E-state index contributed by atoms with van der Waals surface area (Å²) in [7, 11) is 1.47. The van der Waals surface area contributed by atoms with Gasteiger partial charge in [0.2, 0.25) is 0 Å². The lowest BCUT2D eigenvalue weighted by atomic mass is 9.95. The predicted molar refractivity (Wildman–Crippen MR) is 122 cm³/mol. The fraction of sp³-hybridized carbons (Fsp3) is 0.500. The summed E-state index contributed by atoms with van der Waals surface area (Å²) in [4.78, 5) is 12.6. The third-order valence-electron chi connectivity index (χ3n) is 5.39. The zero-order valence-electron chi connectivity index (χ0n) is 19.7. The molecule has 33 heavy (non-hydrogen) atoms. The van der Waals surface area contributed by atoms with Gasteiger partial charge in [-0.1, -0.05) is 60.7 Å². The second-order valence-electron chi connectivity index (χ2n) is 9.15. The van der Waals surface area contributed by atoms with Gasteiger partial charge in [0, 0.05) is 7.11 Å². The quantitative estimate of drug-likeness (QED) is 0.576. The standard InChI is InChI=1S/C26H34O7/c1-26(2,3)25(28)33-23-22(31-16-19-13-9-6-10-14-19)21(27)20(32-24(23)29-4)17-30-15-18-11-7-5-8-12-18/h5-14,20-24,27H,15-17H2,1-4H3/t20-,21-,22+,23-,24-/m1/s1. The van der Waals surface area contributed by atoms with E-state index < -0.39 is 42.1 Å².